The number of anilines is 3. The van der Waals surface area contributed by atoms with Crippen LogP contribution in [0.3, 0.4) is 0 Å². The summed E-state index contributed by atoms with van der Waals surface area (Å²) >= 11 is 6.49. The van der Waals surface area contributed by atoms with Gasteiger partial charge in [0, 0.05) is 17.8 Å². The fourth-order valence-corrected chi connectivity index (χ4v) is 4.57. The summed E-state index contributed by atoms with van der Waals surface area (Å²) in [5.74, 6) is 2.48. The monoisotopic (exact) mass is 489 g/mol. The second-order valence-electron chi connectivity index (χ2n) is 8.95. The van der Waals surface area contributed by atoms with Gasteiger partial charge in [-0.05, 0) is 70.1 Å². The molecule has 180 valence electrons. The van der Waals surface area contributed by atoms with Gasteiger partial charge in [0.15, 0.2) is 5.82 Å². The molecule has 0 spiro atoms. The number of nitrogens with zero attached hydrogens (tertiary/aromatic N) is 5. The highest BCUT2D eigenvalue weighted by Crippen LogP contribution is 2.33. The summed E-state index contributed by atoms with van der Waals surface area (Å²) in [6.07, 6.45) is 7.75. The summed E-state index contributed by atoms with van der Waals surface area (Å²) in [6, 6.07) is 16.1. The number of hydrogen-bond acceptors (Lipinski definition) is 8. The summed E-state index contributed by atoms with van der Waals surface area (Å²) in [4.78, 5) is 20.3. The molecule has 1 aliphatic rings. The molecule has 8 nitrogen and oxygen atoms in total. The number of benzene rings is 2. The minimum atomic E-state index is 0.362. The molecule has 0 aliphatic heterocycles. The molecule has 0 radical (unpaired) electrons. The summed E-state index contributed by atoms with van der Waals surface area (Å²) in [7, 11) is 4.30. The summed E-state index contributed by atoms with van der Waals surface area (Å²) in [5, 5.41) is 7.30. The van der Waals surface area contributed by atoms with E-state index >= 15 is 0 Å². The van der Waals surface area contributed by atoms with Crippen LogP contribution in [0.5, 0.6) is 11.5 Å². The van der Waals surface area contributed by atoms with Gasteiger partial charge < -0.3 is 20.3 Å². The van der Waals surface area contributed by atoms with Gasteiger partial charge in [-0.3, -0.25) is 0 Å². The van der Waals surface area contributed by atoms with Gasteiger partial charge in [-0.1, -0.05) is 29.8 Å². The Morgan fingerprint density at radius 3 is 2.51 bits per heavy atom. The van der Waals surface area contributed by atoms with Crippen LogP contribution in [0.25, 0.3) is 11.0 Å². The lowest BCUT2D eigenvalue weighted by Crippen LogP contribution is -2.36. The largest absolute Gasteiger partial charge is 0.456 e. The molecule has 4 aromatic rings. The molecule has 0 saturated heterocycles. The lowest BCUT2D eigenvalue weighted by molar-refractivity contribution is 0.221. The van der Waals surface area contributed by atoms with Crippen molar-refractivity contribution in [2.75, 3.05) is 24.7 Å². The first-order valence-electron chi connectivity index (χ1n) is 11.8. The molecule has 2 heterocycles. The first kappa shape index (κ1) is 23.3. The van der Waals surface area contributed by atoms with Crippen LogP contribution in [0.2, 0.25) is 5.02 Å². The van der Waals surface area contributed by atoms with Gasteiger partial charge in [-0.25, -0.2) is 19.9 Å². The van der Waals surface area contributed by atoms with Crippen LogP contribution in [-0.4, -0.2) is 51.0 Å². The number of nitrogens with one attached hydrogen (secondary N) is 2. The first-order valence-corrected chi connectivity index (χ1v) is 12.1. The van der Waals surface area contributed by atoms with E-state index in [1.165, 1.54) is 19.2 Å². The van der Waals surface area contributed by atoms with E-state index in [1.807, 2.05) is 42.5 Å². The fraction of sp³-hybridized carbons (Fsp3) is 0.308. The van der Waals surface area contributed by atoms with Crippen LogP contribution in [0.15, 0.2) is 61.1 Å². The maximum atomic E-state index is 6.49. The summed E-state index contributed by atoms with van der Waals surface area (Å²) in [6.45, 7) is 0. The van der Waals surface area contributed by atoms with Crippen molar-refractivity contribution >= 4 is 40.1 Å². The standard InChI is InChI=1S/C26H28ClN7O/c1-34(2)19-11-8-17(9-12-19)32-26-28-15-22-24(33-26)25(30-16-29-22)31-18-10-13-23(21(27)14-18)35-20-6-4-3-5-7-20/h3-7,10,13-17,19H,8-9,11-12H2,1-2H3,(H,28,32,33)(H,29,30,31)/t17-,19-. The van der Waals surface area contributed by atoms with Gasteiger partial charge in [-0.15, -0.1) is 0 Å². The Balaban J connectivity index is 1.32. The highest BCUT2D eigenvalue weighted by molar-refractivity contribution is 6.32. The third-order valence-electron chi connectivity index (χ3n) is 6.30. The number of hydrogen-bond donors (Lipinski definition) is 2. The van der Waals surface area contributed by atoms with Crippen molar-refractivity contribution < 1.29 is 4.74 Å². The predicted molar refractivity (Wildman–Crippen MR) is 140 cm³/mol. The molecule has 1 saturated carbocycles. The molecule has 0 unspecified atom stereocenters. The Morgan fingerprint density at radius 2 is 1.77 bits per heavy atom. The van der Waals surface area contributed by atoms with Crippen molar-refractivity contribution in [2.24, 2.45) is 0 Å². The van der Waals surface area contributed by atoms with Crippen LogP contribution in [0.1, 0.15) is 25.7 Å². The molecule has 5 rings (SSSR count). The fourth-order valence-electron chi connectivity index (χ4n) is 4.35. The van der Waals surface area contributed by atoms with E-state index in [-0.39, 0.29) is 0 Å². The predicted octanol–water partition coefficient (Wildman–Crippen LogP) is 5.89. The lowest BCUT2D eigenvalue weighted by Gasteiger charge is -2.32. The average Bonchev–Trinajstić information content (AvgIpc) is 2.87. The second kappa shape index (κ2) is 10.4. The van der Waals surface area contributed by atoms with Gasteiger partial charge in [0.05, 0.1) is 11.2 Å². The maximum Gasteiger partial charge on any atom is 0.223 e. The Bertz CT molecular complexity index is 1290. The van der Waals surface area contributed by atoms with Crippen LogP contribution >= 0.6 is 11.6 Å². The number of ether oxygens (including phenoxy) is 1. The molecule has 35 heavy (non-hydrogen) atoms. The van der Waals surface area contributed by atoms with Gasteiger partial charge in [0.2, 0.25) is 5.95 Å². The summed E-state index contributed by atoms with van der Waals surface area (Å²) < 4.78 is 5.88. The maximum absolute atomic E-state index is 6.49. The molecule has 1 aliphatic carbocycles. The zero-order valence-electron chi connectivity index (χ0n) is 19.8. The van der Waals surface area contributed by atoms with Gasteiger partial charge in [0.25, 0.3) is 0 Å². The van der Waals surface area contributed by atoms with E-state index in [1.54, 1.807) is 12.3 Å². The molecule has 0 amide bonds. The third kappa shape index (κ3) is 5.61. The summed E-state index contributed by atoms with van der Waals surface area (Å²) in [5.41, 5.74) is 2.08. The molecule has 1 fully saturated rings. The van der Waals surface area contributed by atoms with Crippen molar-refractivity contribution in [1.82, 2.24) is 24.8 Å². The number of rotatable bonds is 7. The first-order chi connectivity index (χ1) is 17.0. The van der Waals surface area contributed by atoms with Crippen LogP contribution in [-0.2, 0) is 0 Å². The smallest absolute Gasteiger partial charge is 0.223 e. The zero-order valence-corrected chi connectivity index (χ0v) is 20.5. The molecular weight excluding hydrogens is 462 g/mol. The Morgan fingerprint density at radius 1 is 0.971 bits per heavy atom. The normalized spacial score (nSPS) is 17.9. The van der Waals surface area contributed by atoms with Crippen molar-refractivity contribution in [1.29, 1.82) is 0 Å². The highest BCUT2D eigenvalue weighted by Gasteiger charge is 2.23. The minimum absolute atomic E-state index is 0.362. The van der Waals surface area contributed by atoms with Crippen LogP contribution < -0.4 is 15.4 Å². The van der Waals surface area contributed by atoms with Gasteiger partial charge in [0.1, 0.15) is 28.9 Å². The van der Waals surface area contributed by atoms with Gasteiger partial charge >= 0.3 is 0 Å². The number of aromatic nitrogens is 4. The van der Waals surface area contributed by atoms with Crippen molar-refractivity contribution in [3.63, 3.8) is 0 Å². The van der Waals surface area contributed by atoms with Crippen molar-refractivity contribution in [2.45, 2.75) is 37.8 Å². The molecule has 2 aromatic heterocycles. The topological polar surface area (TPSA) is 88.1 Å². The number of halogens is 1. The van der Waals surface area contributed by atoms with Gasteiger partial charge in [-0.2, -0.15) is 0 Å². The van der Waals surface area contributed by atoms with E-state index in [0.29, 0.717) is 45.7 Å². The molecular formula is C26H28ClN7O. The molecule has 0 bridgehead atoms. The highest BCUT2D eigenvalue weighted by atomic mass is 35.5. The minimum Gasteiger partial charge on any atom is -0.456 e. The van der Waals surface area contributed by atoms with Crippen LogP contribution in [0.4, 0.5) is 17.5 Å². The van der Waals surface area contributed by atoms with E-state index in [9.17, 15) is 0 Å². The van der Waals surface area contributed by atoms with Crippen molar-refractivity contribution in [3.8, 4) is 11.5 Å². The molecule has 2 aromatic carbocycles. The van der Waals surface area contributed by atoms with Crippen LogP contribution in [0, 0.1) is 0 Å². The molecule has 9 heteroatoms. The lowest BCUT2D eigenvalue weighted by atomic mass is 9.91. The molecule has 2 N–H and O–H groups in total. The zero-order chi connectivity index (χ0) is 24.2. The van der Waals surface area contributed by atoms with E-state index < -0.39 is 0 Å². The van der Waals surface area contributed by atoms with E-state index in [0.717, 1.165) is 24.3 Å². The van der Waals surface area contributed by atoms with E-state index in [2.05, 4.69) is 44.6 Å². The average molecular weight is 490 g/mol. The second-order valence-corrected chi connectivity index (χ2v) is 9.36. The SMILES string of the molecule is CN(C)[C@H]1CC[C@H](Nc2ncc3ncnc(Nc4ccc(Oc5ccccc5)c(Cl)c4)c3n2)CC1. The Hall–Kier alpha value is -3.49. The Labute approximate surface area is 209 Å². The Kier molecular flexibility index (Phi) is 6.92. The van der Waals surface area contributed by atoms with Crippen molar-refractivity contribution in [3.05, 3.63) is 66.1 Å². The quantitative estimate of drug-likeness (QED) is 0.332. The third-order valence-corrected chi connectivity index (χ3v) is 6.60. The molecule has 0 atom stereocenters. The van der Waals surface area contributed by atoms with E-state index in [4.69, 9.17) is 21.3 Å². The number of para-hydroxylation sites is 1. The number of fused-ring (bicyclic) bond motifs is 1.